The third kappa shape index (κ3) is 6.18. The molecule has 3 heteroatoms. The number of aliphatic hydroxyl groups is 1. The first kappa shape index (κ1) is 14.7. The van der Waals surface area contributed by atoms with E-state index in [1.807, 2.05) is 13.8 Å². The van der Waals surface area contributed by atoms with Crippen molar-refractivity contribution in [2.75, 3.05) is 13.1 Å². The SMILES string of the molecule is CC(=O)CC1CCCCCN1CCC(C)(C)O. The van der Waals surface area contributed by atoms with Gasteiger partial charge < -0.3 is 5.11 Å². The predicted octanol–water partition coefficient (Wildman–Crippen LogP) is 2.37. The molecule has 0 aliphatic carbocycles. The van der Waals surface area contributed by atoms with Gasteiger partial charge in [0.2, 0.25) is 0 Å². The van der Waals surface area contributed by atoms with E-state index in [1.54, 1.807) is 6.92 Å². The maximum absolute atomic E-state index is 11.3. The Morgan fingerprint density at radius 1 is 1.35 bits per heavy atom. The minimum absolute atomic E-state index is 0.283. The summed E-state index contributed by atoms with van der Waals surface area (Å²) in [6.45, 7) is 7.37. The second-order valence-corrected chi connectivity index (χ2v) is 6.01. The van der Waals surface area contributed by atoms with E-state index < -0.39 is 5.60 Å². The Kier molecular flexibility index (Phi) is 5.60. The Bertz CT molecular complexity index is 245. The van der Waals surface area contributed by atoms with Crippen LogP contribution in [0.1, 0.15) is 59.3 Å². The van der Waals surface area contributed by atoms with Crippen molar-refractivity contribution in [3.63, 3.8) is 0 Å². The van der Waals surface area contributed by atoms with Gasteiger partial charge >= 0.3 is 0 Å². The standard InChI is InChI=1S/C14H27NO2/c1-12(16)11-13-7-5-4-6-9-15(13)10-8-14(2,3)17/h13,17H,4-11H2,1-3H3. The van der Waals surface area contributed by atoms with Crippen LogP contribution in [0.25, 0.3) is 0 Å². The zero-order valence-corrected chi connectivity index (χ0v) is 11.5. The van der Waals surface area contributed by atoms with E-state index in [0.29, 0.717) is 12.5 Å². The van der Waals surface area contributed by atoms with Gasteiger partial charge in [-0.25, -0.2) is 0 Å². The average Bonchev–Trinajstić information content (AvgIpc) is 2.38. The smallest absolute Gasteiger partial charge is 0.131 e. The lowest BCUT2D eigenvalue weighted by Gasteiger charge is -2.31. The molecule has 1 heterocycles. The first-order chi connectivity index (χ1) is 7.88. The van der Waals surface area contributed by atoms with Crippen molar-refractivity contribution in [1.29, 1.82) is 0 Å². The van der Waals surface area contributed by atoms with Crippen molar-refractivity contribution >= 4 is 5.78 Å². The molecule has 0 spiro atoms. The third-order valence-electron chi connectivity index (χ3n) is 3.53. The second kappa shape index (κ2) is 6.50. The van der Waals surface area contributed by atoms with Crippen LogP contribution in [0.15, 0.2) is 0 Å². The lowest BCUT2D eigenvalue weighted by molar-refractivity contribution is -0.118. The maximum atomic E-state index is 11.3. The molecule has 1 rings (SSSR count). The van der Waals surface area contributed by atoms with Crippen LogP contribution in [0.5, 0.6) is 0 Å². The van der Waals surface area contributed by atoms with Gasteiger partial charge in [0, 0.05) is 19.0 Å². The lowest BCUT2D eigenvalue weighted by Crippen LogP contribution is -2.39. The Morgan fingerprint density at radius 2 is 2.06 bits per heavy atom. The topological polar surface area (TPSA) is 40.5 Å². The quantitative estimate of drug-likeness (QED) is 0.803. The van der Waals surface area contributed by atoms with Crippen molar-refractivity contribution in [2.45, 2.75) is 70.9 Å². The fourth-order valence-electron chi connectivity index (χ4n) is 2.51. The molecule has 17 heavy (non-hydrogen) atoms. The predicted molar refractivity (Wildman–Crippen MR) is 70.0 cm³/mol. The van der Waals surface area contributed by atoms with Crippen molar-refractivity contribution in [3.8, 4) is 0 Å². The summed E-state index contributed by atoms with van der Waals surface area (Å²) in [4.78, 5) is 13.7. The maximum Gasteiger partial charge on any atom is 0.131 e. The van der Waals surface area contributed by atoms with Gasteiger partial charge in [-0.15, -0.1) is 0 Å². The van der Waals surface area contributed by atoms with Crippen LogP contribution >= 0.6 is 0 Å². The molecule has 3 nitrogen and oxygen atoms in total. The van der Waals surface area contributed by atoms with Crippen LogP contribution in [-0.4, -0.2) is 40.5 Å². The minimum Gasteiger partial charge on any atom is -0.390 e. The molecule has 1 fully saturated rings. The Balaban J connectivity index is 2.52. The molecule has 0 radical (unpaired) electrons. The molecule has 0 bridgehead atoms. The van der Waals surface area contributed by atoms with Gasteiger partial charge in [-0.2, -0.15) is 0 Å². The highest BCUT2D eigenvalue weighted by molar-refractivity contribution is 5.76. The molecule has 1 saturated heterocycles. The van der Waals surface area contributed by atoms with Gasteiger partial charge in [-0.3, -0.25) is 9.69 Å². The molecule has 0 aromatic rings. The highest BCUT2D eigenvalue weighted by Crippen LogP contribution is 2.21. The molecular weight excluding hydrogens is 214 g/mol. The molecule has 0 aromatic carbocycles. The highest BCUT2D eigenvalue weighted by Gasteiger charge is 2.24. The van der Waals surface area contributed by atoms with Crippen LogP contribution in [0.4, 0.5) is 0 Å². The molecule has 100 valence electrons. The van der Waals surface area contributed by atoms with Crippen LogP contribution in [0.3, 0.4) is 0 Å². The van der Waals surface area contributed by atoms with Crippen molar-refractivity contribution in [1.82, 2.24) is 4.90 Å². The summed E-state index contributed by atoms with van der Waals surface area (Å²) in [7, 11) is 0. The van der Waals surface area contributed by atoms with E-state index in [4.69, 9.17) is 0 Å². The summed E-state index contributed by atoms with van der Waals surface area (Å²) in [6, 6.07) is 0.400. The molecule has 1 unspecified atom stereocenters. The molecule has 1 aliphatic heterocycles. The number of rotatable bonds is 5. The summed E-state index contributed by atoms with van der Waals surface area (Å²) >= 11 is 0. The highest BCUT2D eigenvalue weighted by atomic mass is 16.3. The van der Waals surface area contributed by atoms with Gasteiger partial charge in [0.15, 0.2) is 0 Å². The number of ketones is 1. The summed E-state index contributed by atoms with van der Waals surface area (Å²) < 4.78 is 0. The first-order valence-electron chi connectivity index (χ1n) is 6.84. The molecular formula is C14H27NO2. The van der Waals surface area contributed by atoms with Crippen molar-refractivity contribution in [2.24, 2.45) is 0 Å². The Hall–Kier alpha value is -0.410. The van der Waals surface area contributed by atoms with E-state index in [9.17, 15) is 9.90 Å². The van der Waals surface area contributed by atoms with Gasteiger partial charge in [0.05, 0.1) is 5.60 Å². The van der Waals surface area contributed by atoms with Gasteiger partial charge in [0.1, 0.15) is 5.78 Å². The molecule has 1 N–H and O–H groups in total. The summed E-state index contributed by atoms with van der Waals surface area (Å²) in [5, 5.41) is 9.79. The number of nitrogens with zero attached hydrogens (tertiary/aromatic N) is 1. The zero-order chi connectivity index (χ0) is 12.9. The van der Waals surface area contributed by atoms with E-state index in [1.165, 1.54) is 19.3 Å². The van der Waals surface area contributed by atoms with Crippen molar-refractivity contribution in [3.05, 3.63) is 0 Å². The van der Waals surface area contributed by atoms with E-state index in [2.05, 4.69) is 4.90 Å². The van der Waals surface area contributed by atoms with Gasteiger partial charge in [-0.1, -0.05) is 12.8 Å². The average molecular weight is 241 g/mol. The third-order valence-corrected chi connectivity index (χ3v) is 3.53. The molecule has 0 saturated carbocycles. The number of hydrogen-bond donors (Lipinski definition) is 1. The molecule has 1 atom stereocenters. The van der Waals surface area contributed by atoms with E-state index >= 15 is 0 Å². The second-order valence-electron chi connectivity index (χ2n) is 6.01. The number of likely N-dealkylation sites (tertiary alicyclic amines) is 1. The normalized spacial score (nSPS) is 23.4. The monoisotopic (exact) mass is 241 g/mol. The fourth-order valence-corrected chi connectivity index (χ4v) is 2.51. The Morgan fingerprint density at radius 3 is 2.65 bits per heavy atom. The largest absolute Gasteiger partial charge is 0.390 e. The Labute approximate surface area is 105 Å². The van der Waals surface area contributed by atoms with Crippen LogP contribution in [0.2, 0.25) is 0 Å². The first-order valence-corrected chi connectivity index (χ1v) is 6.84. The molecule has 1 aliphatic rings. The fraction of sp³-hybridized carbons (Fsp3) is 0.929. The van der Waals surface area contributed by atoms with Gasteiger partial charge in [0.25, 0.3) is 0 Å². The van der Waals surface area contributed by atoms with Crippen LogP contribution < -0.4 is 0 Å². The van der Waals surface area contributed by atoms with Crippen LogP contribution in [0, 0.1) is 0 Å². The summed E-state index contributed by atoms with van der Waals surface area (Å²) in [6.07, 6.45) is 6.31. The van der Waals surface area contributed by atoms with Crippen molar-refractivity contribution < 1.29 is 9.90 Å². The number of carbonyl (C=O) groups is 1. The van der Waals surface area contributed by atoms with Crippen LogP contribution in [-0.2, 0) is 4.79 Å². The number of Topliss-reactive ketones (excluding diaryl/α,β-unsaturated/α-hetero) is 1. The molecule has 0 amide bonds. The molecule has 0 aromatic heterocycles. The van der Waals surface area contributed by atoms with Gasteiger partial charge in [-0.05, 0) is 46.6 Å². The minimum atomic E-state index is -0.604. The summed E-state index contributed by atoms with van der Waals surface area (Å²) in [5.74, 6) is 0.283. The summed E-state index contributed by atoms with van der Waals surface area (Å²) in [5.41, 5.74) is -0.604. The number of carbonyl (C=O) groups excluding carboxylic acids is 1. The lowest BCUT2D eigenvalue weighted by atomic mass is 10.0. The van der Waals surface area contributed by atoms with E-state index in [0.717, 1.165) is 25.9 Å². The van der Waals surface area contributed by atoms with E-state index in [-0.39, 0.29) is 5.78 Å². The number of hydrogen-bond acceptors (Lipinski definition) is 3. The zero-order valence-electron chi connectivity index (χ0n) is 11.5.